The maximum absolute atomic E-state index is 13.1. The van der Waals surface area contributed by atoms with Crippen LogP contribution < -0.4 is 15.8 Å². The largest absolute Gasteiger partial charge is 0.492 e. The highest BCUT2D eigenvalue weighted by molar-refractivity contribution is 7.17. The van der Waals surface area contributed by atoms with E-state index in [9.17, 15) is 4.39 Å². The van der Waals surface area contributed by atoms with Gasteiger partial charge in [0.15, 0.2) is 5.75 Å². The van der Waals surface area contributed by atoms with Crippen LogP contribution in [0.4, 0.5) is 15.1 Å². The molecular formula is C13H11ClFN3OS. The first-order valence-corrected chi connectivity index (χ1v) is 6.80. The van der Waals surface area contributed by atoms with Crippen LogP contribution in [0.3, 0.4) is 0 Å². The molecule has 2 aromatic rings. The molecule has 0 aliphatic rings. The van der Waals surface area contributed by atoms with Gasteiger partial charge in [-0.1, -0.05) is 17.7 Å². The van der Waals surface area contributed by atoms with Crippen molar-refractivity contribution >= 4 is 33.6 Å². The molecule has 104 valence electrons. The van der Waals surface area contributed by atoms with Crippen LogP contribution in [-0.4, -0.2) is 7.11 Å². The number of methoxy groups -OCH3 is 1. The third-order valence-corrected chi connectivity index (χ3v) is 3.98. The molecule has 0 radical (unpaired) electrons. The van der Waals surface area contributed by atoms with Gasteiger partial charge >= 0.3 is 0 Å². The zero-order valence-electron chi connectivity index (χ0n) is 10.5. The van der Waals surface area contributed by atoms with Crippen LogP contribution >= 0.6 is 22.9 Å². The number of nitrogens with one attached hydrogen (secondary N) is 1. The fourth-order valence-corrected chi connectivity index (χ4v) is 2.75. The van der Waals surface area contributed by atoms with Crippen molar-refractivity contribution in [1.29, 1.82) is 5.26 Å². The van der Waals surface area contributed by atoms with Gasteiger partial charge in [-0.2, -0.15) is 5.26 Å². The van der Waals surface area contributed by atoms with Gasteiger partial charge in [0.1, 0.15) is 27.5 Å². The smallest absolute Gasteiger partial charge is 0.177 e. The molecule has 20 heavy (non-hydrogen) atoms. The van der Waals surface area contributed by atoms with E-state index in [-0.39, 0.29) is 5.02 Å². The molecule has 0 saturated carbocycles. The minimum atomic E-state index is -0.458. The van der Waals surface area contributed by atoms with Crippen LogP contribution in [0, 0.1) is 17.1 Å². The van der Waals surface area contributed by atoms with Crippen molar-refractivity contribution in [1.82, 2.24) is 0 Å². The summed E-state index contributed by atoms with van der Waals surface area (Å²) >= 11 is 6.93. The average Bonchev–Trinajstić information content (AvgIpc) is 2.75. The van der Waals surface area contributed by atoms with Crippen LogP contribution in [0.1, 0.15) is 10.4 Å². The predicted molar refractivity (Wildman–Crippen MR) is 78.7 cm³/mol. The first-order chi connectivity index (χ1) is 9.56. The van der Waals surface area contributed by atoms with Crippen molar-refractivity contribution in [3.63, 3.8) is 0 Å². The minimum absolute atomic E-state index is 0.0691. The molecule has 1 aromatic carbocycles. The molecule has 2 rings (SSSR count). The number of nitrogen functional groups attached to an aromatic ring is 1. The number of nitriles is 1. The van der Waals surface area contributed by atoms with E-state index in [0.29, 0.717) is 27.9 Å². The molecule has 4 nitrogen and oxygen atoms in total. The Morgan fingerprint density at radius 2 is 2.30 bits per heavy atom. The maximum Gasteiger partial charge on any atom is 0.177 e. The number of thiophene rings is 1. The van der Waals surface area contributed by atoms with E-state index in [1.807, 2.05) is 6.07 Å². The number of anilines is 2. The lowest BCUT2D eigenvalue weighted by atomic mass is 10.2. The lowest BCUT2D eigenvalue weighted by Gasteiger charge is -2.07. The number of halogens is 2. The van der Waals surface area contributed by atoms with Gasteiger partial charge in [-0.15, -0.1) is 11.3 Å². The molecule has 0 fully saturated rings. The molecule has 7 heteroatoms. The van der Waals surface area contributed by atoms with Gasteiger partial charge in [-0.25, -0.2) is 4.39 Å². The number of rotatable bonds is 4. The molecular weight excluding hydrogens is 301 g/mol. The quantitative estimate of drug-likeness (QED) is 0.904. The second-order valence-electron chi connectivity index (χ2n) is 3.92. The Labute approximate surface area is 124 Å². The molecule has 1 aromatic heterocycles. The Hall–Kier alpha value is -1.97. The molecule has 0 spiro atoms. The Kier molecular flexibility index (Phi) is 4.32. The highest BCUT2D eigenvalue weighted by atomic mass is 35.5. The van der Waals surface area contributed by atoms with Crippen LogP contribution in [0.5, 0.6) is 5.75 Å². The molecule has 0 atom stereocenters. The molecule has 0 aliphatic heterocycles. The predicted octanol–water partition coefficient (Wildman–Crippen LogP) is 3.62. The van der Waals surface area contributed by atoms with Crippen molar-refractivity contribution in [3.05, 3.63) is 39.5 Å². The third kappa shape index (κ3) is 2.79. The van der Waals surface area contributed by atoms with Crippen molar-refractivity contribution in [2.24, 2.45) is 0 Å². The van der Waals surface area contributed by atoms with Crippen LogP contribution in [-0.2, 0) is 6.54 Å². The number of nitrogens with two attached hydrogens (primary N) is 1. The van der Waals surface area contributed by atoms with Crippen LogP contribution in [0.2, 0.25) is 5.02 Å². The van der Waals surface area contributed by atoms with Crippen LogP contribution in [0.15, 0.2) is 18.2 Å². The van der Waals surface area contributed by atoms with E-state index in [0.717, 1.165) is 5.56 Å². The van der Waals surface area contributed by atoms with Gasteiger partial charge < -0.3 is 15.8 Å². The molecule has 3 N–H and O–H groups in total. The van der Waals surface area contributed by atoms with E-state index < -0.39 is 5.82 Å². The zero-order valence-corrected chi connectivity index (χ0v) is 12.1. The summed E-state index contributed by atoms with van der Waals surface area (Å²) in [5, 5.41) is 12.8. The van der Waals surface area contributed by atoms with Gasteiger partial charge in [0.25, 0.3) is 0 Å². The fraction of sp³-hybridized carbons (Fsp3) is 0.154. The first kappa shape index (κ1) is 14.4. The molecule has 0 saturated heterocycles. The summed E-state index contributed by atoms with van der Waals surface area (Å²) in [5.41, 5.74) is 6.92. The van der Waals surface area contributed by atoms with E-state index in [2.05, 4.69) is 5.32 Å². The summed E-state index contributed by atoms with van der Waals surface area (Å²) < 4.78 is 18.2. The Balaban J connectivity index is 2.18. The summed E-state index contributed by atoms with van der Waals surface area (Å²) in [6.07, 6.45) is 0. The Morgan fingerprint density at radius 3 is 2.90 bits per heavy atom. The fourth-order valence-electron chi connectivity index (χ4n) is 1.66. The normalized spacial score (nSPS) is 10.1. The first-order valence-electron chi connectivity index (χ1n) is 5.61. The van der Waals surface area contributed by atoms with E-state index in [4.69, 9.17) is 27.3 Å². The number of benzene rings is 1. The third-order valence-electron chi connectivity index (χ3n) is 2.64. The molecule has 1 heterocycles. The summed E-state index contributed by atoms with van der Waals surface area (Å²) in [6, 6.07) is 6.48. The Bertz CT molecular complexity index is 681. The highest BCUT2D eigenvalue weighted by Gasteiger charge is 2.16. The van der Waals surface area contributed by atoms with Crippen molar-refractivity contribution in [3.8, 4) is 11.8 Å². The average molecular weight is 312 g/mol. The summed E-state index contributed by atoms with van der Waals surface area (Å²) in [5.74, 6) is -0.0140. The van der Waals surface area contributed by atoms with E-state index >= 15 is 0 Å². The van der Waals surface area contributed by atoms with Crippen LogP contribution in [0.25, 0.3) is 0 Å². The number of hydrogen-bond donors (Lipinski definition) is 2. The van der Waals surface area contributed by atoms with E-state index in [1.165, 1.54) is 24.5 Å². The maximum atomic E-state index is 13.1. The second-order valence-corrected chi connectivity index (χ2v) is 5.35. The van der Waals surface area contributed by atoms with Gasteiger partial charge in [0.05, 0.1) is 12.1 Å². The van der Waals surface area contributed by atoms with Crippen molar-refractivity contribution < 1.29 is 9.13 Å². The zero-order chi connectivity index (χ0) is 14.7. The van der Waals surface area contributed by atoms with E-state index in [1.54, 1.807) is 12.1 Å². The number of hydrogen-bond acceptors (Lipinski definition) is 5. The number of nitrogens with zero attached hydrogens (tertiary/aromatic N) is 1. The van der Waals surface area contributed by atoms with Gasteiger partial charge in [-0.05, 0) is 17.7 Å². The van der Waals surface area contributed by atoms with Gasteiger partial charge in [0.2, 0.25) is 0 Å². The van der Waals surface area contributed by atoms with Crippen molar-refractivity contribution in [2.75, 3.05) is 18.2 Å². The summed E-state index contributed by atoms with van der Waals surface area (Å²) in [6.45, 7) is 0.418. The van der Waals surface area contributed by atoms with Gasteiger partial charge in [0, 0.05) is 6.54 Å². The monoisotopic (exact) mass is 311 g/mol. The Morgan fingerprint density at radius 1 is 1.55 bits per heavy atom. The molecule has 0 amide bonds. The summed E-state index contributed by atoms with van der Waals surface area (Å²) in [4.78, 5) is 0.390. The standard InChI is InChI=1S/C13H11ClFN3OS/c1-19-12-11(17)10(5-16)20-13(12)18-6-7-2-3-9(15)8(14)4-7/h2-4,18H,6,17H2,1H3. The summed E-state index contributed by atoms with van der Waals surface area (Å²) in [7, 11) is 1.49. The second kappa shape index (κ2) is 5.99. The molecule has 0 bridgehead atoms. The SMILES string of the molecule is COc1c(NCc2ccc(F)c(Cl)c2)sc(C#N)c1N. The number of ether oxygens (including phenoxy) is 1. The minimum Gasteiger partial charge on any atom is -0.492 e. The van der Waals surface area contributed by atoms with Gasteiger partial charge in [-0.3, -0.25) is 0 Å². The lowest BCUT2D eigenvalue weighted by molar-refractivity contribution is 0.420. The molecule has 0 unspecified atom stereocenters. The topological polar surface area (TPSA) is 71.1 Å². The van der Waals surface area contributed by atoms with Crippen molar-refractivity contribution in [2.45, 2.75) is 6.54 Å². The lowest BCUT2D eigenvalue weighted by Crippen LogP contribution is -2.00. The molecule has 0 aliphatic carbocycles. The highest BCUT2D eigenvalue weighted by Crippen LogP contribution is 2.42.